The fourth-order valence-electron chi connectivity index (χ4n) is 1.71. The van der Waals surface area contributed by atoms with Crippen molar-refractivity contribution >= 4 is 15.8 Å². The van der Waals surface area contributed by atoms with E-state index in [-0.39, 0.29) is 4.90 Å². The predicted octanol–water partition coefficient (Wildman–Crippen LogP) is 0.378. The lowest BCUT2D eigenvalue weighted by atomic mass is 10.4. The predicted molar refractivity (Wildman–Crippen MR) is 75.9 cm³/mol. The standard InChI is InChI=1S/C12H17N5O2S/c1-13-11-4-3-10(9-15-11)20(18,19)16-6-5-12-14-7-8-17(12)2/h3-4,7-9,16H,5-6H2,1-2H3,(H,13,15). The van der Waals surface area contributed by atoms with Gasteiger partial charge in [-0.3, -0.25) is 0 Å². The maximum absolute atomic E-state index is 12.0. The first-order valence-electron chi connectivity index (χ1n) is 6.12. The summed E-state index contributed by atoms with van der Waals surface area (Å²) in [4.78, 5) is 8.28. The van der Waals surface area contributed by atoms with E-state index in [1.165, 1.54) is 12.3 Å². The summed E-state index contributed by atoms with van der Waals surface area (Å²) >= 11 is 0. The molecule has 0 spiro atoms. The van der Waals surface area contributed by atoms with E-state index >= 15 is 0 Å². The van der Waals surface area contributed by atoms with Gasteiger partial charge in [0.05, 0.1) is 0 Å². The highest BCUT2D eigenvalue weighted by Gasteiger charge is 2.14. The first kappa shape index (κ1) is 14.5. The second-order valence-electron chi connectivity index (χ2n) is 4.23. The van der Waals surface area contributed by atoms with E-state index in [4.69, 9.17) is 0 Å². The van der Waals surface area contributed by atoms with Crippen LogP contribution >= 0.6 is 0 Å². The van der Waals surface area contributed by atoms with Crippen LogP contribution in [0.5, 0.6) is 0 Å². The minimum atomic E-state index is -3.53. The van der Waals surface area contributed by atoms with Gasteiger partial charge in [-0.2, -0.15) is 0 Å². The van der Waals surface area contributed by atoms with Crippen LogP contribution in [-0.2, 0) is 23.5 Å². The van der Waals surface area contributed by atoms with Crippen molar-refractivity contribution in [3.05, 3.63) is 36.5 Å². The summed E-state index contributed by atoms with van der Waals surface area (Å²) in [5.41, 5.74) is 0. The zero-order chi connectivity index (χ0) is 14.6. The smallest absolute Gasteiger partial charge is 0.242 e. The summed E-state index contributed by atoms with van der Waals surface area (Å²) in [6.45, 7) is 0.293. The third-order valence-electron chi connectivity index (χ3n) is 2.86. The molecular weight excluding hydrogens is 278 g/mol. The number of hydrogen-bond acceptors (Lipinski definition) is 5. The number of rotatable bonds is 6. The third-order valence-corrected chi connectivity index (χ3v) is 4.31. The van der Waals surface area contributed by atoms with Crippen LogP contribution in [0.1, 0.15) is 5.82 Å². The maximum atomic E-state index is 12.0. The average Bonchev–Trinajstić information content (AvgIpc) is 2.84. The number of hydrogen-bond donors (Lipinski definition) is 2. The van der Waals surface area contributed by atoms with Crippen molar-refractivity contribution in [1.82, 2.24) is 19.3 Å². The van der Waals surface area contributed by atoms with Crippen molar-refractivity contribution in [1.29, 1.82) is 0 Å². The lowest BCUT2D eigenvalue weighted by molar-refractivity contribution is 0.579. The molecule has 2 heterocycles. The molecule has 108 valence electrons. The van der Waals surface area contributed by atoms with E-state index in [1.807, 2.05) is 17.8 Å². The molecule has 2 aromatic rings. The third kappa shape index (κ3) is 3.34. The lowest BCUT2D eigenvalue weighted by Gasteiger charge is -2.07. The molecule has 0 saturated heterocycles. The average molecular weight is 295 g/mol. The molecule has 20 heavy (non-hydrogen) atoms. The molecule has 0 atom stereocenters. The Labute approximate surface area is 118 Å². The second kappa shape index (κ2) is 6.02. The van der Waals surface area contributed by atoms with E-state index in [9.17, 15) is 8.42 Å². The summed E-state index contributed by atoms with van der Waals surface area (Å²) in [7, 11) is 0.0674. The van der Waals surface area contributed by atoms with E-state index in [0.717, 1.165) is 5.82 Å². The van der Waals surface area contributed by atoms with E-state index in [0.29, 0.717) is 18.8 Å². The van der Waals surface area contributed by atoms with E-state index in [1.54, 1.807) is 19.3 Å². The van der Waals surface area contributed by atoms with Gasteiger partial charge in [-0.25, -0.2) is 23.1 Å². The van der Waals surface area contributed by atoms with Gasteiger partial charge in [0.25, 0.3) is 0 Å². The summed E-state index contributed by atoms with van der Waals surface area (Å²) in [5.74, 6) is 1.45. The number of nitrogens with one attached hydrogen (secondary N) is 2. The number of imidazole rings is 1. The summed E-state index contributed by atoms with van der Waals surface area (Å²) in [5, 5.41) is 2.84. The maximum Gasteiger partial charge on any atom is 0.242 e. The molecule has 0 aliphatic rings. The Kier molecular flexibility index (Phi) is 4.35. The number of anilines is 1. The molecule has 0 saturated carbocycles. The lowest BCUT2D eigenvalue weighted by Crippen LogP contribution is -2.26. The van der Waals surface area contributed by atoms with Gasteiger partial charge in [-0.15, -0.1) is 0 Å². The van der Waals surface area contributed by atoms with Gasteiger partial charge in [0.1, 0.15) is 16.5 Å². The molecule has 0 radical (unpaired) electrons. The van der Waals surface area contributed by atoms with Gasteiger partial charge in [0, 0.05) is 45.7 Å². The summed E-state index contributed by atoms with van der Waals surface area (Å²) in [6.07, 6.45) is 5.37. The topological polar surface area (TPSA) is 88.9 Å². The molecule has 2 aromatic heterocycles. The normalized spacial score (nSPS) is 11.5. The van der Waals surface area contributed by atoms with E-state index < -0.39 is 10.0 Å². The van der Waals surface area contributed by atoms with Crippen LogP contribution in [0.4, 0.5) is 5.82 Å². The molecule has 0 fully saturated rings. The molecule has 2 rings (SSSR count). The Morgan fingerprint density at radius 3 is 2.65 bits per heavy atom. The molecule has 0 bridgehead atoms. The molecule has 0 aliphatic heterocycles. The van der Waals surface area contributed by atoms with Crippen LogP contribution in [0.25, 0.3) is 0 Å². The van der Waals surface area contributed by atoms with Crippen LogP contribution < -0.4 is 10.0 Å². The number of aryl methyl sites for hydroxylation is 1. The van der Waals surface area contributed by atoms with Crippen LogP contribution in [0.2, 0.25) is 0 Å². The highest BCUT2D eigenvalue weighted by molar-refractivity contribution is 7.89. The summed E-state index contributed by atoms with van der Waals surface area (Å²) < 4.78 is 28.5. The molecular formula is C12H17N5O2S. The fourth-order valence-corrected chi connectivity index (χ4v) is 2.68. The minimum Gasteiger partial charge on any atom is -0.373 e. The largest absolute Gasteiger partial charge is 0.373 e. The van der Waals surface area contributed by atoms with Crippen molar-refractivity contribution in [2.24, 2.45) is 7.05 Å². The molecule has 0 aliphatic carbocycles. The van der Waals surface area contributed by atoms with Crippen molar-refractivity contribution in [2.75, 3.05) is 18.9 Å². The molecule has 7 nitrogen and oxygen atoms in total. The molecule has 0 unspecified atom stereocenters. The Balaban J connectivity index is 1.98. The summed E-state index contributed by atoms with van der Waals surface area (Å²) in [6, 6.07) is 3.13. The van der Waals surface area contributed by atoms with Crippen LogP contribution in [0.15, 0.2) is 35.6 Å². The van der Waals surface area contributed by atoms with Gasteiger partial charge in [0.15, 0.2) is 0 Å². The van der Waals surface area contributed by atoms with Crippen LogP contribution in [-0.4, -0.2) is 36.5 Å². The van der Waals surface area contributed by atoms with Crippen LogP contribution in [0, 0.1) is 0 Å². The minimum absolute atomic E-state index is 0.149. The first-order chi connectivity index (χ1) is 9.53. The number of sulfonamides is 1. The zero-order valence-electron chi connectivity index (χ0n) is 11.4. The monoisotopic (exact) mass is 295 g/mol. The zero-order valence-corrected chi connectivity index (χ0v) is 12.2. The second-order valence-corrected chi connectivity index (χ2v) is 6.00. The number of pyridine rings is 1. The molecule has 0 amide bonds. The Bertz CT molecular complexity index is 663. The van der Waals surface area contributed by atoms with Crippen molar-refractivity contribution < 1.29 is 8.42 Å². The number of nitrogens with zero attached hydrogens (tertiary/aromatic N) is 3. The Hall–Kier alpha value is -1.93. The van der Waals surface area contributed by atoms with E-state index in [2.05, 4.69) is 20.0 Å². The number of aromatic nitrogens is 3. The molecule has 0 aromatic carbocycles. The highest BCUT2D eigenvalue weighted by Crippen LogP contribution is 2.10. The fraction of sp³-hybridized carbons (Fsp3) is 0.333. The van der Waals surface area contributed by atoms with Crippen molar-refractivity contribution in [2.45, 2.75) is 11.3 Å². The first-order valence-corrected chi connectivity index (χ1v) is 7.61. The highest BCUT2D eigenvalue weighted by atomic mass is 32.2. The SMILES string of the molecule is CNc1ccc(S(=O)(=O)NCCc2nccn2C)cn1. The van der Waals surface area contributed by atoms with Gasteiger partial charge < -0.3 is 9.88 Å². The van der Waals surface area contributed by atoms with Crippen LogP contribution in [0.3, 0.4) is 0 Å². The molecule has 2 N–H and O–H groups in total. The van der Waals surface area contributed by atoms with Gasteiger partial charge >= 0.3 is 0 Å². The van der Waals surface area contributed by atoms with Gasteiger partial charge in [-0.1, -0.05) is 0 Å². The van der Waals surface area contributed by atoms with Crippen molar-refractivity contribution in [3.8, 4) is 0 Å². The Morgan fingerprint density at radius 1 is 1.30 bits per heavy atom. The van der Waals surface area contributed by atoms with Gasteiger partial charge in [0.2, 0.25) is 10.0 Å². The quantitative estimate of drug-likeness (QED) is 0.804. The van der Waals surface area contributed by atoms with Crippen molar-refractivity contribution in [3.63, 3.8) is 0 Å². The van der Waals surface area contributed by atoms with Gasteiger partial charge in [-0.05, 0) is 12.1 Å². The Morgan fingerprint density at radius 2 is 2.10 bits per heavy atom. The molecule has 8 heteroatoms.